The van der Waals surface area contributed by atoms with Crippen molar-refractivity contribution < 1.29 is 0 Å². The number of hydrogen-bond donors (Lipinski definition) is 0. The van der Waals surface area contributed by atoms with Crippen LogP contribution in [-0.2, 0) is 5.75 Å². The maximum atomic E-state index is 6.09. The van der Waals surface area contributed by atoms with Gasteiger partial charge in [0.05, 0.1) is 0 Å². The number of halogens is 2. The first kappa shape index (κ1) is 12.5. The lowest BCUT2D eigenvalue weighted by Gasteiger charge is -2.08. The summed E-state index contributed by atoms with van der Waals surface area (Å²) in [7, 11) is 0. The van der Waals surface area contributed by atoms with Gasteiger partial charge in [-0.15, -0.1) is 0 Å². The molecule has 1 fully saturated rings. The van der Waals surface area contributed by atoms with E-state index in [0.717, 1.165) is 22.3 Å². The predicted octanol–water partition coefficient (Wildman–Crippen LogP) is 4.81. The highest BCUT2D eigenvalue weighted by atomic mass is 35.5. The van der Waals surface area contributed by atoms with E-state index < -0.39 is 0 Å². The Morgan fingerprint density at radius 1 is 1.31 bits per heavy atom. The fraction of sp³-hybridized carbons (Fsp3) is 0.583. The van der Waals surface area contributed by atoms with Gasteiger partial charge in [0, 0.05) is 17.0 Å². The second-order valence-electron chi connectivity index (χ2n) is 4.26. The van der Waals surface area contributed by atoms with Gasteiger partial charge in [-0.25, -0.2) is 4.98 Å². The molecule has 0 aliphatic heterocycles. The van der Waals surface area contributed by atoms with Crippen LogP contribution >= 0.6 is 35.0 Å². The average molecular weight is 276 g/mol. The van der Waals surface area contributed by atoms with E-state index in [1.54, 1.807) is 12.3 Å². The summed E-state index contributed by atoms with van der Waals surface area (Å²) < 4.78 is 0. The molecule has 0 unspecified atom stereocenters. The van der Waals surface area contributed by atoms with Gasteiger partial charge in [-0.05, 0) is 36.1 Å². The molecule has 0 N–H and O–H groups in total. The van der Waals surface area contributed by atoms with E-state index in [1.165, 1.54) is 31.4 Å². The molecule has 1 aromatic rings. The molecule has 4 heteroatoms. The van der Waals surface area contributed by atoms with E-state index in [4.69, 9.17) is 23.2 Å². The minimum Gasteiger partial charge on any atom is -0.244 e. The third kappa shape index (κ3) is 3.54. The molecule has 0 radical (unpaired) electrons. The Labute approximate surface area is 111 Å². The summed E-state index contributed by atoms with van der Waals surface area (Å²) in [6, 6.07) is 1.72. The lowest BCUT2D eigenvalue weighted by molar-refractivity contribution is 0.623. The van der Waals surface area contributed by atoms with Gasteiger partial charge in [0.25, 0.3) is 0 Å². The van der Waals surface area contributed by atoms with E-state index >= 15 is 0 Å². The maximum absolute atomic E-state index is 6.09. The largest absolute Gasteiger partial charge is 0.244 e. The van der Waals surface area contributed by atoms with Crippen LogP contribution in [0.25, 0.3) is 0 Å². The first-order valence-corrected chi connectivity index (χ1v) is 7.54. The highest BCUT2D eigenvalue weighted by Gasteiger charge is 2.14. The molecular weight excluding hydrogens is 261 g/mol. The molecule has 0 amide bonds. The third-order valence-corrected chi connectivity index (χ3v) is 4.76. The van der Waals surface area contributed by atoms with Crippen molar-refractivity contribution >= 4 is 35.0 Å². The topological polar surface area (TPSA) is 12.9 Å². The molecule has 1 nitrogen and oxygen atoms in total. The van der Waals surface area contributed by atoms with Gasteiger partial charge in [0.1, 0.15) is 5.15 Å². The summed E-state index contributed by atoms with van der Waals surface area (Å²) in [6.07, 6.45) is 7.41. The number of thioether (sulfide) groups is 1. The van der Waals surface area contributed by atoms with E-state index in [2.05, 4.69) is 4.98 Å². The van der Waals surface area contributed by atoms with Crippen molar-refractivity contribution in [1.29, 1.82) is 0 Å². The highest BCUT2D eigenvalue weighted by molar-refractivity contribution is 7.98. The van der Waals surface area contributed by atoms with Crippen LogP contribution in [0.1, 0.15) is 31.2 Å². The maximum Gasteiger partial charge on any atom is 0.130 e. The monoisotopic (exact) mass is 275 g/mol. The van der Waals surface area contributed by atoms with E-state index in [1.807, 2.05) is 11.8 Å². The Balaban J connectivity index is 1.80. The zero-order valence-electron chi connectivity index (χ0n) is 9.09. The Morgan fingerprint density at radius 2 is 2.06 bits per heavy atom. The summed E-state index contributed by atoms with van der Waals surface area (Å²) >= 11 is 13.8. The third-order valence-electron chi connectivity index (χ3n) is 2.98. The van der Waals surface area contributed by atoms with Gasteiger partial charge < -0.3 is 0 Å². The van der Waals surface area contributed by atoms with Crippen molar-refractivity contribution in [2.45, 2.75) is 31.4 Å². The smallest absolute Gasteiger partial charge is 0.130 e. The quantitative estimate of drug-likeness (QED) is 0.732. The van der Waals surface area contributed by atoms with E-state index in [0.29, 0.717) is 5.15 Å². The molecule has 1 saturated carbocycles. The molecule has 1 aliphatic carbocycles. The minimum absolute atomic E-state index is 0.467. The normalized spacial score (nSPS) is 16.9. The summed E-state index contributed by atoms with van der Waals surface area (Å²) in [5.74, 6) is 3.11. The summed E-state index contributed by atoms with van der Waals surface area (Å²) in [5.41, 5.74) is 1.09. The minimum atomic E-state index is 0.467. The molecule has 0 aromatic carbocycles. The number of aromatic nitrogens is 1. The SMILES string of the molecule is Clc1cc(Cl)c(CSCC2CCCC2)cn1. The average Bonchev–Trinajstić information content (AvgIpc) is 2.74. The number of hydrogen-bond acceptors (Lipinski definition) is 2. The molecule has 88 valence electrons. The molecule has 0 saturated heterocycles. The van der Waals surface area contributed by atoms with Gasteiger partial charge in [-0.3, -0.25) is 0 Å². The Bertz CT molecular complexity index is 351. The van der Waals surface area contributed by atoms with Crippen LogP contribution in [0.2, 0.25) is 10.2 Å². The molecule has 2 rings (SSSR count). The molecule has 0 spiro atoms. The van der Waals surface area contributed by atoms with Crippen LogP contribution in [0, 0.1) is 5.92 Å². The second-order valence-corrected chi connectivity index (χ2v) is 6.09. The van der Waals surface area contributed by atoms with Gasteiger partial charge in [-0.2, -0.15) is 11.8 Å². The van der Waals surface area contributed by atoms with Gasteiger partial charge >= 0.3 is 0 Å². The van der Waals surface area contributed by atoms with Crippen LogP contribution in [0.15, 0.2) is 12.3 Å². The van der Waals surface area contributed by atoms with Crippen LogP contribution < -0.4 is 0 Å². The van der Waals surface area contributed by atoms with Gasteiger partial charge in [0.2, 0.25) is 0 Å². The first-order chi connectivity index (χ1) is 7.75. The summed E-state index contributed by atoms with van der Waals surface area (Å²) in [4.78, 5) is 4.06. The van der Waals surface area contributed by atoms with Crippen molar-refractivity contribution in [3.05, 3.63) is 28.0 Å². The molecule has 1 heterocycles. The van der Waals surface area contributed by atoms with Crippen molar-refractivity contribution in [2.75, 3.05) is 5.75 Å². The van der Waals surface area contributed by atoms with Crippen molar-refractivity contribution in [3.63, 3.8) is 0 Å². The Hall–Kier alpha value is 0.0800. The van der Waals surface area contributed by atoms with Gasteiger partial charge in [-0.1, -0.05) is 36.0 Å². The lowest BCUT2D eigenvalue weighted by Crippen LogP contribution is -1.97. The summed E-state index contributed by atoms with van der Waals surface area (Å²) in [6.45, 7) is 0. The number of pyridine rings is 1. The van der Waals surface area contributed by atoms with Crippen LogP contribution in [-0.4, -0.2) is 10.7 Å². The molecule has 0 atom stereocenters. The lowest BCUT2D eigenvalue weighted by atomic mass is 10.1. The first-order valence-electron chi connectivity index (χ1n) is 5.63. The molecule has 0 bridgehead atoms. The highest BCUT2D eigenvalue weighted by Crippen LogP contribution is 2.30. The predicted molar refractivity (Wildman–Crippen MR) is 72.4 cm³/mol. The number of nitrogens with zero attached hydrogens (tertiary/aromatic N) is 1. The van der Waals surface area contributed by atoms with E-state index in [-0.39, 0.29) is 0 Å². The Morgan fingerprint density at radius 3 is 2.75 bits per heavy atom. The van der Waals surface area contributed by atoms with Crippen molar-refractivity contribution in [1.82, 2.24) is 4.98 Å². The molecule has 16 heavy (non-hydrogen) atoms. The fourth-order valence-electron chi connectivity index (χ4n) is 2.05. The zero-order chi connectivity index (χ0) is 11.4. The van der Waals surface area contributed by atoms with Crippen LogP contribution in [0.4, 0.5) is 0 Å². The Kier molecular flexibility index (Phi) is 4.80. The van der Waals surface area contributed by atoms with Gasteiger partial charge in [0.15, 0.2) is 0 Å². The molecule has 1 aromatic heterocycles. The van der Waals surface area contributed by atoms with Crippen LogP contribution in [0.5, 0.6) is 0 Å². The molecular formula is C12H15Cl2NS. The van der Waals surface area contributed by atoms with Crippen molar-refractivity contribution in [3.8, 4) is 0 Å². The van der Waals surface area contributed by atoms with Crippen molar-refractivity contribution in [2.24, 2.45) is 5.92 Å². The fourth-order valence-corrected chi connectivity index (χ4v) is 3.80. The standard InChI is InChI=1S/C12H15Cl2NS/c13-11-5-12(14)15-6-10(11)8-16-7-9-3-1-2-4-9/h5-6,9H,1-4,7-8H2. The van der Waals surface area contributed by atoms with E-state index in [9.17, 15) is 0 Å². The zero-order valence-corrected chi connectivity index (χ0v) is 11.4. The number of rotatable bonds is 4. The second kappa shape index (κ2) is 6.13. The van der Waals surface area contributed by atoms with Crippen LogP contribution in [0.3, 0.4) is 0 Å². The molecule has 1 aliphatic rings. The summed E-state index contributed by atoms with van der Waals surface area (Å²) in [5, 5.41) is 1.20.